The van der Waals surface area contributed by atoms with Crippen molar-refractivity contribution in [3.63, 3.8) is 0 Å². The van der Waals surface area contributed by atoms with Gasteiger partial charge in [-0.25, -0.2) is 13.9 Å². The zero-order chi connectivity index (χ0) is 20.5. The molecule has 148 valence electrons. The molecule has 1 amide bonds. The van der Waals surface area contributed by atoms with Gasteiger partial charge in [-0.05, 0) is 49.1 Å². The summed E-state index contributed by atoms with van der Waals surface area (Å²) in [5.74, 6) is -1.66. The molecule has 0 spiro atoms. The number of benzene rings is 1. The molecule has 0 atom stereocenters. The molecule has 0 bridgehead atoms. The standard InChI is InChI=1S/C20H16FN3O4S/c1-28-20(27)16-13-3-2-4-15(13)29-19(16)22-18(26)17-14(25)9-10-24(23-17)12-7-5-11(21)6-8-12/h5-10H,2-4H2,1H3,(H,22,26). The highest BCUT2D eigenvalue weighted by atomic mass is 32.1. The fraction of sp³-hybridized carbons (Fsp3) is 0.200. The number of aryl methyl sites for hydroxylation is 1. The SMILES string of the molecule is COC(=O)c1c(NC(=O)c2nn(-c3ccc(F)cc3)ccc2=O)sc2c1CCC2. The Morgan fingerprint density at radius 1 is 1.21 bits per heavy atom. The first-order valence-electron chi connectivity index (χ1n) is 8.88. The summed E-state index contributed by atoms with van der Waals surface area (Å²) in [5, 5.41) is 7.08. The first kappa shape index (κ1) is 19.0. The molecule has 0 aliphatic heterocycles. The van der Waals surface area contributed by atoms with Gasteiger partial charge in [-0.1, -0.05) is 0 Å². The topological polar surface area (TPSA) is 90.3 Å². The average Bonchev–Trinajstić information content (AvgIpc) is 3.29. The third-order valence-electron chi connectivity index (χ3n) is 4.65. The number of rotatable bonds is 4. The van der Waals surface area contributed by atoms with Gasteiger partial charge >= 0.3 is 5.97 Å². The van der Waals surface area contributed by atoms with Crippen molar-refractivity contribution in [3.05, 3.63) is 74.3 Å². The fourth-order valence-electron chi connectivity index (χ4n) is 3.28. The molecule has 1 aliphatic carbocycles. The summed E-state index contributed by atoms with van der Waals surface area (Å²) in [6.45, 7) is 0. The van der Waals surface area contributed by atoms with Crippen LogP contribution in [0.3, 0.4) is 0 Å². The number of carbonyl (C=O) groups is 2. The maximum atomic E-state index is 13.1. The number of fused-ring (bicyclic) bond motifs is 1. The molecule has 3 aromatic rings. The Bertz CT molecular complexity index is 1170. The highest BCUT2D eigenvalue weighted by molar-refractivity contribution is 7.17. The Labute approximate surface area is 168 Å². The van der Waals surface area contributed by atoms with Crippen molar-refractivity contribution in [2.75, 3.05) is 12.4 Å². The number of aromatic nitrogens is 2. The number of thiophene rings is 1. The van der Waals surface area contributed by atoms with E-state index in [1.807, 2.05) is 0 Å². The smallest absolute Gasteiger partial charge is 0.341 e. The summed E-state index contributed by atoms with van der Waals surface area (Å²) in [6, 6.07) is 6.68. The number of ether oxygens (including phenoxy) is 1. The predicted octanol–water partition coefficient (Wildman–Crippen LogP) is 2.96. The molecule has 4 rings (SSSR count). The van der Waals surface area contributed by atoms with E-state index < -0.39 is 23.1 Å². The summed E-state index contributed by atoms with van der Waals surface area (Å²) in [5.41, 5.74) is 0.826. The van der Waals surface area contributed by atoms with Crippen molar-refractivity contribution in [3.8, 4) is 5.69 Å². The molecular formula is C20H16FN3O4S. The molecule has 0 saturated heterocycles. The number of nitrogens with zero attached hydrogens (tertiary/aromatic N) is 2. The molecule has 0 fully saturated rings. The second kappa shape index (κ2) is 7.59. The minimum absolute atomic E-state index is 0.332. The third-order valence-corrected chi connectivity index (χ3v) is 5.86. The van der Waals surface area contributed by atoms with Crippen LogP contribution in [0.1, 0.15) is 37.7 Å². The second-order valence-corrected chi connectivity index (χ2v) is 7.56. The van der Waals surface area contributed by atoms with Crippen LogP contribution in [0.5, 0.6) is 0 Å². The number of esters is 1. The van der Waals surface area contributed by atoms with Crippen LogP contribution in [0, 0.1) is 5.82 Å². The van der Waals surface area contributed by atoms with Crippen LogP contribution >= 0.6 is 11.3 Å². The summed E-state index contributed by atoms with van der Waals surface area (Å²) < 4.78 is 19.3. The molecule has 9 heteroatoms. The average molecular weight is 413 g/mol. The van der Waals surface area contributed by atoms with Gasteiger partial charge in [0, 0.05) is 17.1 Å². The van der Waals surface area contributed by atoms with E-state index in [0.29, 0.717) is 16.3 Å². The summed E-state index contributed by atoms with van der Waals surface area (Å²) in [7, 11) is 1.28. The van der Waals surface area contributed by atoms with E-state index in [1.165, 1.54) is 59.7 Å². The van der Waals surface area contributed by atoms with E-state index in [0.717, 1.165) is 29.7 Å². The van der Waals surface area contributed by atoms with E-state index in [1.54, 1.807) is 0 Å². The first-order chi connectivity index (χ1) is 14.0. The van der Waals surface area contributed by atoms with Crippen molar-refractivity contribution in [1.29, 1.82) is 0 Å². The number of methoxy groups -OCH3 is 1. The van der Waals surface area contributed by atoms with Crippen molar-refractivity contribution in [1.82, 2.24) is 9.78 Å². The Hall–Kier alpha value is -3.33. The maximum absolute atomic E-state index is 13.1. The number of amides is 1. The number of halogens is 1. The van der Waals surface area contributed by atoms with Crippen LogP contribution < -0.4 is 10.7 Å². The van der Waals surface area contributed by atoms with Crippen molar-refractivity contribution in [2.45, 2.75) is 19.3 Å². The molecular weight excluding hydrogens is 397 g/mol. The molecule has 1 aromatic carbocycles. The third kappa shape index (κ3) is 3.56. The quantitative estimate of drug-likeness (QED) is 0.664. The Morgan fingerprint density at radius 3 is 2.69 bits per heavy atom. The van der Waals surface area contributed by atoms with E-state index in [4.69, 9.17) is 4.74 Å². The number of nitrogens with one attached hydrogen (secondary N) is 1. The Kier molecular flexibility index (Phi) is 4.98. The normalized spacial score (nSPS) is 12.5. The molecule has 2 heterocycles. The van der Waals surface area contributed by atoms with Crippen molar-refractivity contribution in [2.24, 2.45) is 0 Å². The number of anilines is 1. The van der Waals surface area contributed by atoms with E-state index in [9.17, 15) is 18.8 Å². The largest absolute Gasteiger partial charge is 0.465 e. The summed E-state index contributed by atoms with van der Waals surface area (Å²) in [4.78, 5) is 38.2. The molecule has 0 unspecified atom stereocenters. The number of hydrogen-bond acceptors (Lipinski definition) is 6. The van der Waals surface area contributed by atoms with Crippen LogP contribution in [-0.4, -0.2) is 28.8 Å². The van der Waals surface area contributed by atoms with Crippen LogP contribution in [0.25, 0.3) is 5.69 Å². The van der Waals surface area contributed by atoms with Crippen molar-refractivity contribution >= 4 is 28.2 Å². The minimum atomic E-state index is -0.725. The fourth-order valence-corrected chi connectivity index (χ4v) is 4.55. The Morgan fingerprint density at radius 2 is 1.97 bits per heavy atom. The van der Waals surface area contributed by atoms with Gasteiger partial charge in [-0.2, -0.15) is 5.10 Å². The first-order valence-corrected chi connectivity index (χ1v) is 9.69. The predicted molar refractivity (Wildman–Crippen MR) is 105 cm³/mol. The number of carbonyl (C=O) groups excluding carboxylic acids is 2. The highest BCUT2D eigenvalue weighted by Gasteiger charge is 2.28. The monoisotopic (exact) mass is 413 g/mol. The van der Waals surface area contributed by atoms with Gasteiger partial charge in [0.1, 0.15) is 10.8 Å². The van der Waals surface area contributed by atoms with Gasteiger partial charge in [0.15, 0.2) is 5.69 Å². The van der Waals surface area contributed by atoms with E-state index in [2.05, 4.69) is 10.4 Å². The zero-order valence-electron chi connectivity index (χ0n) is 15.4. The van der Waals surface area contributed by atoms with Crippen LogP contribution in [-0.2, 0) is 17.6 Å². The van der Waals surface area contributed by atoms with Gasteiger partial charge in [0.25, 0.3) is 5.91 Å². The lowest BCUT2D eigenvalue weighted by Gasteiger charge is -2.09. The molecule has 7 nitrogen and oxygen atoms in total. The molecule has 1 N–H and O–H groups in total. The molecule has 0 saturated carbocycles. The lowest BCUT2D eigenvalue weighted by atomic mass is 10.1. The number of hydrogen-bond donors (Lipinski definition) is 1. The lowest BCUT2D eigenvalue weighted by Crippen LogP contribution is -2.25. The van der Waals surface area contributed by atoms with Gasteiger partial charge < -0.3 is 10.1 Å². The van der Waals surface area contributed by atoms with Crippen molar-refractivity contribution < 1.29 is 18.7 Å². The Balaban J connectivity index is 1.68. The molecule has 2 aromatic heterocycles. The van der Waals surface area contributed by atoms with Crippen LogP contribution in [0.2, 0.25) is 0 Å². The molecule has 29 heavy (non-hydrogen) atoms. The summed E-state index contributed by atoms with van der Waals surface area (Å²) >= 11 is 1.31. The maximum Gasteiger partial charge on any atom is 0.341 e. The lowest BCUT2D eigenvalue weighted by molar-refractivity contribution is 0.0601. The van der Waals surface area contributed by atoms with Crippen LogP contribution in [0.4, 0.5) is 9.39 Å². The summed E-state index contributed by atoms with van der Waals surface area (Å²) in [6.07, 6.45) is 3.92. The van der Waals surface area contributed by atoms with Crippen LogP contribution in [0.15, 0.2) is 41.3 Å². The van der Waals surface area contributed by atoms with Gasteiger partial charge in [-0.15, -0.1) is 11.3 Å². The molecule has 1 aliphatic rings. The zero-order valence-corrected chi connectivity index (χ0v) is 16.2. The van der Waals surface area contributed by atoms with E-state index >= 15 is 0 Å². The second-order valence-electron chi connectivity index (χ2n) is 6.46. The van der Waals surface area contributed by atoms with Gasteiger partial charge in [0.2, 0.25) is 5.43 Å². The molecule has 0 radical (unpaired) electrons. The van der Waals surface area contributed by atoms with Gasteiger partial charge in [-0.3, -0.25) is 9.59 Å². The highest BCUT2D eigenvalue weighted by Crippen LogP contribution is 2.39. The minimum Gasteiger partial charge on any atom is -0.465 e. The van der Waals surface area contributed by atoms with Gasteiger partial charge in [0.05, 0.1) is 18.4 Å². The van der Waals surface area contributed by atoms with E-state index in [-0.39, 0.29) is 5.69 Å².